The summed E-state index contributed by atoms with van der Waals surface area (Å²) in [5.41, 5.74) is 7.35. The Morgan fingerprint density at radius 3 is 2.84 bits per heavy atom. The summed E-state index contributed by atoms with van der Waals surface area (Å²) in [5, 5.41) is 0.215. The molecule has 0 bridgehead atoms. The van der Waals surface area contributed by atoms with Crippen molar-refractivity contribution in [3.8, 4) is 0 Å². The molecule has 0 aliphatic heterocycles. The summed E-state index contributed by atoms with van der Waals surface area (Å²) in [5.74, 6) is 0.972. The first-order chi connectivity index (χ1) is 9.10. The Kier molecular flexibility index (Phi) is 5.23. The van der Waals surface area contributed by atoms with Gasteiger partial charge in [-0.25, -0.2) is 4.39 Å². The van der Waals surface area contributed by atoms with E-state index >= 15 is 0 Å². The molecule has 0 aromatic heterocycles. The van der Waals surface area contributed by atoms with Crippen molar-refractivity contribution in [3.05, 3.63) is 34.6 Å². The van der Waals surface area contributed by atoms with Crippen LogP contribution in [0.3, 0.4) is 0 Å². The summed E-state index contributed by atoms with van der Waals surface area (Å²) in [6.45, 7) is 2.24. The van der Waals surface area contributed by atoms with Crippen LogP contribution in [0.2, 0.25) is 5.02 Å². The van der Waals surface area contributed by atoms with Crippen LogP contribution in [0.25, 0.3) is 0 Å². The van der Waals surface area contributed by atoms with Crippen molar-refractivity contribution in [1.29, 1.82) is 0 Å². The molecule has 3 atom stereocenters. The highest BCUT2D eigenvalue weighted by atomic mass is 35.5. The first-order valence-electron chi connectivity index (χ1n) is 7.29. The molecule has 1 aromatic carbocycles. The second-order valence-electron chi connectivity index (χ2n) is 5.84. The second kappa shape index (κ2) is 6.71. The summed E-state index contributed by atoms with van der Waals surface area (Å²) in [6, 6.07) is 5.30. The zero-order valence-corrected chi connectivity index (χ0v) is 12.3. The van der Waals surface area contributed by atoms with Crippen LogP contribution in [0.5, 0.6) is 0 Å². The predicted molar refractivity (Wildman–Crippen MR) is 78.8 cm³/mol. The van der Waals surface area contributed by atoms with Crippen LogP contribution in [0.1, 0.15) is 44.6 Å². The zero-order chi connectivity index (χ0) is 13.8. The largest absolute Gasteiger partial charge is 0.327 e. The Hall–Kier alpha value is -0.600. The highest BCUT2D eigenvalue weighted by molar-refractivity contribution is 6.30. The van der Waals surface area contributed by atoms with Gasteiger partial charge in [0.1, 0.15) is 5.82 Å². The fraction of sp³-hybridized carbons (Fsp3) is 0.625. The van der Waals surface area contributed by atoms with E-state index in [1.165, 1.54) is 31.7 Å². The average Bonchev–Trinajstić information content (AvgIpc) is 2.38. The molecular formula is C16H23ClFN. The molecule has 1 nitrogen and oxygen atoms in total. The van der Waals surface area contributed by atoms with Crippen LogP contribution in [0.4, 0.5) is 4.39 Å². The molecule has 0 heterocycles. The molecule has 3 unspecified atom stereocenters. The third-order valence-electron chi connectivity index (χ3n) is 4.33. The molecule has 0 saturated heterocycles. The Morgan fingerprint density at radius 2 is 2.16 bits per heavy atom. The van der Waals surface area contributed by atoms with Crippen molar-refractivity contribution in [3.63, 3.8) is 0 Å². The lowest BCUT2D eigenvalue weighted by Crippen LogP contribution is -2.37. The Labute approximate surface area is 120 Å². The molecule has 0 amide bonds. The first kappa shape index (κ1) is 14.8. The molecule has 2 rings (SSSR count). The van der Waals surface area contributed by atoms with E-state index in [9.17, 15) is 4.39 Å². The van der Waals surface area contributed by atoms with Crippen LogP contribution in [-0.4, -0.2) is 6.04 Å². The summed E-state index contributed by atoms with van der Waals surface area (Å²) in [7, 11) is 0. The molecule has 2 N–H and O–H groups in total. The van der Waals surface area contributed by atoms with Gasteiger partial charge in [0.15, 0.2) is 0 Å². The van der Waals surface area contributed by atoms with Gasteiger partial charge in [-0.3, -0.25) is 0 Å². The quantitative estimate of drug-likeness (QED) is 0.861. The van der Waals surface area contributed by atoms with Gasteiger partial charge >= 0.3 is 0 Å². The van der Waals surface area contributed by atoms with Gasteiger partial charge < -0.3 is 5.73 Å². The fourth-order valence-corrected chi connectivity index (χ4v) is 3.46. The maximum atomic E-state index is 13.2. The number of rotatable bonds is 4. The molecule has 19 heavy (non-hydrogen) atoms. The van der Waals surface area contributed by atoms with Gasteiger partial charge in [-0.15, -0.1) is 0 Å². The minimum absolute atomic E-state index is 0.215. The van der Waals surface area contributed by atoms with Gasteiger partial charge in [0.25, 0.3) is 0 Å². The lowest BCUT2D eigenvalue weighted by Gasteiger charge is -2.34. The minimum atomic E-state index is -0.345. The molecule has 1 aromatic rings. The Morgan fingerprint density at radius 1 is 1.37 bits per heavy atom. The van der Waals surface area contributed by atoms with E-state index in [1.807, 2.05) is 6.07 Å². The van der Waals surface area contributed by atoms with Gasteiger partial charge in [-0.1, -0.05) is 37.4 Å². The van der Waals surface area contributed by atoms with Crippen molar-refractivity contribution in [1.82, 2.24) is 0 Å². The second-order valence-corrected chi connectivity index (χ2v) is 6.25. The van der Waals surface area contributed by atoms with Crippen molar-refractivity contribution >= 4 is 11.6 Å². The monoisotopic (exact) mass is 283 g/mol. The average molecular weight is 284 g/mol. The molecule has 1 saturated carbocycles. The number of hydrogen-bond donors (Lipinski definition) is 1. The maximum Gasteiger partial charge on any atom is 0.141 e. The van der Waals surface area contributed by atoms with Crippen LogP contribution >= 0.6 is 11.6 Å². The van der Waals surface area contributed by atoms with E-state index in [2.05, 4.69) is 6.92 Å². The van der Waals surface area contributed by atoms with Gasteiger partial charge in [0.05, 0.1) is 5.02 Å². The van der Waals surface area contributed by atoms with Crippen LogP contribution in [-0.2, 0) is 6.42 Å². The van der Waals surface area contributed by atoms with Crippen molar-refractivity contribution in [2.45, 2.75) is 51.5 Å². The number of halogens is 2. The molecular weight excluding hydrogens is 261 g/mol. The number of nitrogens with two attached hydrogens (primary N) is 1. The highest BCUT2D eigenvalue weighted by Crippen LogP contribution is 2.33. The summed E-state index contributed by atoms with van der Waals surface area (Å²) >= 11 is 5.84. The summed E-state index contributed by atoms with van der Waals surface area (Å²) < 4.78 is 13.2. The number of benzene rings is 1. The van der Waals surface area contributed by atoms with Crippen LogP contribution < -0.4 is 5.73 Å². The smallest absolute Gasteiger partial charge is 0.141 e. The number of hydrogen-bond acceptors (Lipinski definition) is 1. The SMILES string of the molecule is CCCC1CCC(N)C(Cc2ccc(F)c(Cl)c2)C1. The molecule has 0 spiro atoms. The van der Waals surface area contributed by atoms with E-state index in [4.69, 9.17) is 17.3 Å². The lowest BCUT2D eigenvalue weighted by atomic mass is 9.74. The van der Waals surface area contributed by atoms with E-state index in [0.29, 0.717) is 5.92 Å². The summed E-state index contributed by atoms with van der Waals surface area (Å²) in [4.78, 5) is 0. The molecule has 1 aliphatic carbocycles. The Balaban J connectivity index is 2.01. The predicted octanol–water partition coefficient (Wildman–Crippen LogP) is 4.57. The van der Waals surface area contributed by atoms with E-state index in [0.717, 1.165) is 24.3 Å². The van der Waals surface area contributed by atoms with Gasteiger partial charge in [-0.2, -0.15) is 0 Å². The molecule has 0 radical (unpaired) electrons. The fourth-order valence-electron chi connectivity index (χ4n) is 3.26. The molecule has 106 valence electrons. The third kappa shape index (κ3) is 3.93. The molecule has 3 heteroatoms. The Bertz CT molecular complexity index is 421. The van der Waals surface area contributed by atoms with Crippen molar-refractivity contribution in [2.24, 2.45) is 17.6 Å². The van der Waals surface area contributed by atoms with E-state index in [-0.39, 0.29) is 16.9 Å². The van der Waals surface area contributed by atoms with Crippen LogP contribution in [0, 0.1) is 17.7 Å². The topological polar surface area (TPSA) is 26.0 Å². The van der Waals surface area contributed by atoms with Gasteiger partial charge in [0, 0.05) is 6.04 Å². The minimum Gasteiger partial charge on any atom is -0.327 e. The lowest BCUT2D eigenvalue weighted by molar-refractivity contribution is 0.221. The zero-order valence-electron chi connectivity index (χ0n) is 11.5. The molecule has 1 aliphatic rings. The van der Waals surface area contributed by atoms with Gasteiger partial charge in [-0.05, 0) is 55.2 Å². The highest BCUT2D eigenvalue weighted by Gasteiger charge is 2.27. The van der Waals surface area contributed by atoms with Crippen molar-refractivity contribution < 1.29 is 4.39 Å². The normalized spacial score (nSPS) is 27.5. The van der Waals surface area contributed by atoms with Gasteiger partial charge in [0.2, 0.25) is 0 Å². The van der Waals surface area contributed by atoms with E-state index < -0.39 is 0 Å². The summed E-state index contributed by atoms with van der Waals surface area (Å²) in [6.07, 6.45) is 7.04. The maximum absolute atomic E-state index is 13.2. The third-order valence-corrected chi connectivity index (χ3v) is 4.62. The van der Waals surface area contributed by atoms with Crippen LogP contribution in [0.15, 0.2) is 18.2 Å². The van der Waals surface area contributed by atoms with E-state index in [1.54, 1.807) is 6.07 Å². The van der Waals surface area contributed by atoms with Crippen molar-refractivity contribution in [2.75, 3.05) is 0 Å². The molecule has 1 fully saturated rings. The first-order valence-corrected chi connectivity index (χ1v) is 7.67. The standard InChI is InChI=1S/C16H23ClFN/c1-2-3-11-5-7-16(19)13(8-11)9-12-4-6-15(18)14(17)10-12/h4,6,10-11,13,16H,2-3,5,7-9,19H2,1H3.